The van der Waals surface area contributed by atoms with E-state index in [1.54, 1.807) is 0 Å². The molecule has 0 spiro atoms. The van der Waals surface area contributed by atoms with E-state index < -0.39 is 0 Å². The van der Waals surface area contributed by atoms with E-state index in [1.165, 1.54) is 0 Å². The van der Waals surface area contributed by atoms with Crippen LogP contribution in [0.5, 0.6) is 0 Å². The molecule has 15 heavy (non-hydrogen) atoms. The van der Waals surface area contributed by atoms with E-state index in [0.29, 0.717) is 6.54 Å². The largest absolute Gasteiger partial charge is 0.399 e. The van der Waals surface area contributed by atoms with Gasteiger partial charge in [-0.05, 0) is 34.9 Å². The normalized spacial score (nSPS) is 10.2. The van der Waals surface area contributed by atoms with Gasteiger partial charge in [0.25, 0.3) is 0 Å². The molecule has 0 unspecified atom stereocenters. The number of hydrogen-bond donors (Lipinski definition) is 2. The summed E-state index contributed by atoms with van der Waals surface area (Å²) in [5.74, 6) is 0. The molecule has 0 radical (unpaired) electrons. The molecule has 76 valence electrons. The lowest BCUT2D eigenvalue weighted by atomic mass is 10.0. The molecule has 0 aliphatic carbocycles. The van der Waals surface area contributed by atoms with Gasteiger partial charge in [-0.25, -0.2) is 0 Å². The standard InChI is InChI=1S/C13H14N2/c14-9-10-3-1-4-11(7-10)12-5-2-6-13(15)8-12/h1-8H,9,14-15H2. The first kappa shape index (κ1) is 9.74. The van der Waals surface area contributed by atoms with E-state index in [-0.39, 0.29) is 0 Å². The molecule has 0 bridgehead atoms. The summed E-state index contributed by atoms with van der Waals surface area (Å²) >= 11 is 0. The summed E-state index contributed by atoms with van der Waals surface area (Å²) in [4.78, 5) is 0. The maximum absolute atomic E-state index is 5.74. The number of nitrogens with two attached hydrogens (primary N) is 2. The van der Waals surface area contributed by atoms with Crippen molar-refractivity contribution in [2.45, 2.75) is 6.54 Å². The highest BCUT2D eigenvalue weighted by Gasteiger charge is 1.98. The molecule has 0 atom stereocenters. The highest BCUT2D eigenvalue weighted by atomic mass is 14.5. The minimum absolute atomic E-state index is 0.566. The maximum Gasteiger partial charge on any atom is 0.0320 e. The van der Waals surface area contributed by atoms with Gasteiger partial charge >= 0.3 is 0 Å². The molecule has 2 heteroatoms. The van der Waals surface area contributed by atoms with Crippen molar-refractivity contribution in [1.82, 2.24) is 0 Å². The van der Waals surface area contributed by atoms with Crippen LogP contribution in [0.25, 0.3) is 11.1 Å². The zero-order chi connectivity index (χ0) is 10.7. The Bertz CT molecular complexity index is 464. The maximum atomic E-state index is 5.74. The topological polar surface area (TPSA) is 52.0 Å². The fourth-order valence-corrected chi connectivity index (χ4v) is 1.60. The molecule has 4 N–H and O–H groups in total. The van der Waals surface area contributed by atoms with E-state index >= 15 is 0 Å². The Kier molecular flexibility index (Phi) is 2.70. The van der Waals surface area contributed by atoms with Crippen LogP contribution in [0.15, 0.2) is 48.5 Å². The van der Waals surface area contributed by atoms with Gasteiger partial charge in [-0.3, -0.25) is 0 Å². The van der Waals surface area contributed by atoms with Crippen LogP contribution < -0.4 is 11.5 Å². The summed E-state index contributed by atoms with van der Waals surface area (Å²) in [6.07, 6.45) is 0. The molecule has 0 fully saturated rings. The van der Waals surface area contributed by atoms with Crippen LogP contribution >= 0.6 is 0 Å². The molecular weight excluding hydrogens is 184 g/mol. The van der Waals surface area contributed by atoms with Gasteiger partial charge in [-0.15, -0.1) is 0 Å². The van der Waals surface area contributed by atoms with Crippen LogP contribution in [0.1, 0.15) is 5.56 Å². The van der Waals surface area contributed by atoms with Gasteiger partial charge in [-0.1, -0.05) is 30.3 Å². The second kappa shape index (κ2) is 4.15. The van der Waals surface area contributed by atoms with Crippen molar-refractivity contribution < 1.29 is 0 Å². The van der Waals surface area contributed by atoms with Crippen molar-refractivity contribution >= 4 is 5.69 Å². The van der Waals surface area contributed by atoms with Crippen LogP contribution in [-0.2, 0) is 6.54 Å². The van der Waals surface area contributed by atoms with Crippen LogP contribution in [0, 0.1) is 0 Å². The Hall–Kier alpha value is -1.80. The lowest BCUT2D eigenvalue weighted by Gasteiger charge is -2.04. The molecular formula is C13H14N2. The smallest absolute Gasteiger partial charge is 0.0320 e. The summed E-state index contributed by atoms with van der Waals surface area (Å²) in [5, 5.41) is 0. The first-order valence-electron chi connectivity index (χ1n) is 4.94. The van der Waals surface area contributed by atoms with E-state index in [4.69, 9.17) is 11.5 Å². The second-order valence-electron chi connectivity index (χ2n) is 3.53. The zero-order valence-corrected chi connectivity index (χ0v) is 8.48. The molecule has 2 aromatic carbocycles. The van der Waals surface area contributed by atoms with Gasteiger partial charge in [0.2, 0.25) is 0 Å². The molecule has 0 heterocycles. The third kappa shape index (κ3) is 2.17. The summed E-state index contributed by atoms with van der Waals surface area (Å²) in [6, 6.07) is 16.1. The molecule has 0 aromatic heterocycles. The number of nitrogen functional groups attached to an aromatic ring is 1. The fraction of sp³-hybridized carbons (Fsp3) is 0.0769. The van der Waals surface area contributed by atoms with Gasteiger partial charge in [0.1, 0.15) is 0 Å². The van der Waals surface area contributed by atoms with E-state index in [9.17, 15) is 0 Å². The van der Waals surface area contributed by atoms with Crippen LogP contribution in [0.3, 0.4) is 0 Å². The lowest BCUT2D eigenvalue weighted by Crippen LogP contribution is -1.95. The average molecular weight is 198 g/mol. The van der Waals surface area contributed by atoms with E-state index in [2.05, 4.69) is 12.1 Å². The van der Waals surface area contributed by atoms with Gasteiger partial charge in [0, 0.05) is 12.2 Å². The van der Waals surface area contributed by atoms with Gasteiger partial charge in [-0.2, -0.15) is 0 Å². The SMILES string of the molecule is NCc1cccc(-c2cccc(N)c2)c1. The van der Waals surface area contributed by atoms with Crippen LogP contribution in [0.4, 0.5) is 5.69 Å². The Morgan fingerprint density at radius 1 is 0.867 bits per heavy atom. The minimum Gasteiger partial charge on any atom is -0.399 e. The van der Waals surface area contributed by atoms with E-state index in [1.807, 2.05) is 36.4 Å². The van der Waals surface area contributed by atoms with Crippen molar-refractivity contribution in [2.75, 3.05) is 5.73 Å². The van der Waals surface area contributed by atoms with Crippen molar-refractivity contribution in [1.29, 1.82) is 0 Å². The predicted octanol–water partition coefficient (Wildman–Crippen LogP) is 2.39. The van der Waals surface area contributed by atoms with Crippen LogP contribution in [0.2, 0.25) is 0 Å². The first-order chi connectivity index (χ1) is 7.29. The Morgan fingerprint density at radius 3 is 2.20 bits per heavy atom. The average Bonchev–Trinajstić information content (AvgIpc) is 2.29. The van der Waals surface area contributed by atoms with Crippen LogP contribution in [-0.4, -0.2) is 0 Å². The predicted molar refractivity (Wildman–Crippen MR) is 64.2 cm³/mol. The number of rotatable bonds is 2. The van der Waals surface area contributed by atoms with Crippen molar-refractivity contribution in [3.8, 4) is 11.1 Å². The first-order valence-corrected chi connectivity index (χ1v) is 4.94. The summed E-state index contributed by atoms with van der Waals surface area (Å²) < 4.78 is 0. The van der Waals surface area contributed by atoms with Gasteiger partial charge in [0.05, 0.1) is 0 Å². The van der Waals surface area contributed by atoms with Gasteiger partial charge < -0.3 is 11.5 Å². The highest BCUT2D eigenvalue weighted by molar-refractivity contribution is 5.67. The van der Waals surface area contributed by atoms with Crippen molar-refractivity contribution in [2.24, 2.45) is 5.73 Å². The van der Waals surface area contributed by atoms with Crippen molar-refractivity contribution in [3.05, 3.63) is 54.1 Å². The molecule has 0 amide bonds. The number of benzene rings is 2. The lowest BCUT2D eigenvalue weighted by molar-refractivity contribution is 1.07. The third-order valence-electron chi connectivity index (χ3n) is 2.38. The molecule has 2 rings (SSSR count). The molecule has 0 saturated heterocycles. The quantitative estimate of drug-likeness (QED) is 0.728. The summed E-state index contributed by atoms with van der Waals surface area (Å²) in [6.45, 7) is 0.566. The van der Waals surface area contributed by atoms with Crippen molar-refractivity contribution in [3.63, 3.8) is 0 Å². The number of anilines is 1. The Balaban J connectivity index is 2.44. The molecule has 0 aliphatic rings. The van der Waals surface area contributed by atoms with E-state index in [0.717, 1.165) is 22.4 Å². The summed E-state index contributed by atoms with van der Waals surface area (Å²) in [7, 11) is 0. The Morgan fingerprint density at radius 2 is 1.53 bits per heavy atom. The zero-order valence-electron chi connectivity index (χ0n) is 8.48. The summed E-state index contributed by atoms with van der Waals surface area (Å²) in [5.41, 5.74) is 15.5. The fourth-order valence-electron chi connectivity index (χ4n) is 1.60. The van der Waals surface area contributed by atoms with Gasteiger partial charge in [0.15, 0.2) is 0 Å². The highest BCUT2D eigenvalue weighted by Crippen LogP contribution is 2.22. The minimum atomic E-state index is 0.566. The molecule has 2 nitrogen and oxygen atoms in total. The molecule has 2 aromatic rings. The molecule has 0 saturated carbocycles. The second-order valence-corrected chi connectivity index (χ2v) is 3.53. The third-order valence-corrected chi connectivity index (χ3v) is 2.38. The number of hydrogen-bond acceptors (Lipinski definition) is 2. The molecule has 0 aliphatic heterocycles. The Labute approximate surface area is 89.5 Å². The monoisotopic (exact) mass is 198 g/mol.